The number of nitrogens with zero attached hydrogens (tertiary/aromatic N) is 1. The predicted octanol–water partition coefficient (Wildman–Crippen LogP) is 2.13. The molecule has 60 valence electrons. The van der Waals surface area contributed by atoms with E-state index in [1.165, 1.54) is 0 Å². The largest absolute Gasteiger partial charge is 0.280 e. The standard InChI is InChI=1S/C11H11N/c1-2-3-9-12-10-11-7-5-4-6-8-11/h4-8,10H,9H2,1H3/b12-10+. The quantitative estimate of drug-likeness (QED) is 0.460. The van der Waals surface area contributed by atoms with Gasteiger partial charge in [-0.1, -0.05) is 36.3 Å². The Hall–Kier alpha value is -1.55. The lowest BCUT2D eigenvalue weighted by molar-refractivity contribution is 1.30. The minimum atomic E-state index is 0.589. The van der Waals surface area contributed by atoms with Gasteiger partial charge in [-0.15, -0.1) is 5.92 Å². The van der Waals surface area contributed by atoms with E-state index in [1.807, 2.05) is 43.5 Å². The lowest BCUT2D eigenvalue weighted by Gasteiger charge is -1.88. The molecule has 1 nitrogen and oxygen atoms in total. The van der Waals surface area contributed by atoms with Gasteiger partial charge in [-0.05, 0) is 12.5 Å². The van der Waals surface area contributed by atoms with Crippen LogP contribution < -0.4 is 0 Å². The second kappa shape index (κ2) is 5.15. The van der Waals surface area contributed by atoms with Crippen LogP contribution in [0, 0.1) is 11.8 Å². The fourth-order valence-electron chi connectivity index (χ4n) is 0.815. The van der Waals surface area contributed by atoms with Gasteiger partial charge in [0.2, 0.25) is 0 Å². The van der Waals surface area contributed by atoms with Crippen LogP contribution in [-0.4, -0.2) is 12.8 Å². The van der Waals surface area contributed by atoms with Crippen molar-refractivity contribution in [3.63, 3.8) is 0 Å². The fraction of sp³-hybridized carbons (Fsp3) is 0.182. The van der Waals surface area contributed by atoms with E-state index in [-0.39, 0.29) is 0 Å². The number of hydrogen-bond donors (Lipinski definition) is 0. The summed E-state index contributed by atoms with van der Waals surface area (Å²) >= 11 is 0. The maximum atomic E-state index is 4.13. The second-order valence-electron chi connectivity index (χ2n) is 2.31. The number of rotatable bonds is 2. The van der Waals surface area contributed by atoms with Gasteiger partial charge in [-0.25, -0.2) is 0 Å². The molecule has 1 heteroatoms. The second-order valence-corrected chi connectivity index (χ2v) is 2.31. The molecule has 0 aromatic heterocycles. The maximum absolute atomic E-state index is 4.13. The highest BCUT2D eigenvalue weighted by molar-refractivity contribution is 5.79. The Balaban J connectivity index is 2.50. The van der Waals surface area contributed by atoms with Gasteiger partial charge in [0, 0.05) is 6.21 Å². The highest BCUT2D eigenvalue weighted by atomic mass is 14.7. The fourth-order valence-corrected chi connectivity index (χ4v) is 0.815. The summed E-state index contributed by atoms with van der Waals surface area (Å²) in [4.78, 5) is 4.13. The van der Waals surface area contributed by atoms with Crippen molar-refractivity contribution in [3.8, 4) is 11.8 Å². The lowest BCUT2D eigenvalue weighted by Crippen LogP contribution is -1.80. The van der Waals surface area contributed by atoms with Crippen LogP contribution in [0.3, 0.4) is 0 Å². The minimum Gasteiger partial charge on any atom is -0.280 e. The van der Waals surface area contributed by atoms with Crippen LogP contribution in [0.25, 0.3) is 0 Å². The van der Waals surface area contributed by atoms with Crippen molar-refractivity contribution in [3.05, 3.63) is 35.9 Å². The lowest BCUT2D eigenvalue weighted by atomic mass is 10.2. The van der Waals surface area contributed by atoms with Crippen LogP contribution in [0.2, 0.25) is 0 Å². The van der Waals surface area contributed by atoms with E-state index in [0.717, 1.165) is 5.56 Å². The van der Waals surface area contributed by atoms with Gasteiger partial charge in [0.15, 0.2) is 0 Å². The molecule has 0 N–H and O–H groups in total. The van der Waals surface area contributed by atoms with E-state index >= 15 is 0 Å². The Kier molecular flexibility index (Phi) is 3.67. The van der Waals surface area contributed by atoms with Gasteiger partial charge in [-0.3, -0.25) is 4.99 Å². The smallest absolute Gasteiger partial charge is 0.0997 e. The molecule has 0 aliphatic rings. The molecule has 0 heterocycles. The molecule has 1 rings (SSSR count). The van der Waals surface area contributed by atoms with Crippen LogP contribution in [-0.2, 0) is 0 Å². The summed E-state index contributed by atoms with van der Waals surface area (Å²) in [6.07, 6.45) is 1.84. The van der Waals surface area contributed by atoms with Crippen molar-refractivity contribution < 1.29 is 0 Å². The average Bonchev–Trinajstić information content (AvgIpc) is 2.14. The topological polar surface area (TPSA) is 12.4 Å². The van der Waals surface area contributed by atoms with Crippen LogP contribution >= 0.6 is 0 Å². The van der Waals surface area contributed by atoms with Gasteiger partial charge >= 0.3 is 0 Å². The van der Waals surface area contributed by atoms with Crippen molar-refractivity contribution >= 4 is 6.21 Å². The summed E-state index contributed by atoms with van der Waals surface area (Å²) < 4.78 is 0. The van der Waals surface area contributed by atoms with Gasteiger partial charge < -0.3 is 0 Å². The molecule has 0 aliphatic heterocycles. The summed E-state index contributed by atoms with van der Waals surface area (Å²) in [5, 5.41) is 0. The molecule has 0 radical (unpaired) electrons. The van der Waals surface area contributed by atoms with E-state index in [4.69, 9.17) is 0 Å². The van der Waals surface area contributed by atoms with Gasteiger partial charge in [0.05, 0.1) is 6.54 Å². The first kappa shape index (κ1) is 8.55. The first-order valence-corrected chi connectivity index (χ1v) is 3.88. The molecule has 0 saturated carbocycles. The first-order chi connectivity index (χ1) is 5.93. The SMILES string of the molecule is CC#CC/N=C/c1ccccc1. The molecule has 0 atom stereocenters. The van der Waals surface area contributed by atoms with Gasteiger partial charge in [0.25, 0.3) is 0 Å². The Labute approximate surface area is 73.2 Å². The molecule has 0 bridgehead atoms. The number of aliphatic imine (C=N–C) groups is 1. The van der Waals surface area contributed by atoms with Crippen molar-refractivity contribution in [1.29, 1.82) is 0 Å². The van der Waals surface area contributed by atoms with E-state index in [9.17, 15) is 0 Å². The molecule has 0 amide bonds. The van der Waals surface area contributed by atoms with Crippen LogP contribution in [0.4, 0.5) is 0 Å². The summed E-state index contributed by atoms with van der Waals surface area (Å²) in [5.41, 5.74) is 1.12. The zero-order valence-corrected chi connectivity index (χ0v) is 7.12. The van der Waals surface area contributed by atoms with Crippen molar-refractivity contribution in [2.24, 2.45) is 4.99 Å². The molecule has 12 heavy (non-hydrogen) atoms. The molecule has 0 fully saturated rings. The molecule has 0 aliphatic carbocycles. The highest BCUT2D eigenvalue weighted by Crippen LogP contribution is 1.93. The first-order valence-electron chi connectivity index (χ1n) is 3.88. The highest BCUT2D eigenvalue weighted by Gasteiger charge is 1.80. The molecular weight excluding hydrogens is 146 g/mol. The molecule has 0 saturated heterocycles. The maximum Gasteiger partial charge on any atom is 0.0997 e. The van der Waals surface area contributed by atoms with E-state index in [2.05, 4.69) is 16.8 Å². The van der Waals surface area contributed by atoms with Crippen molar-refractivity contribution in [2.75, 3.05) is 6.54 Å². The Morgan fingerprint density at radius 2 is 2.08 bits per heavy atom. The molecule has 0 spiro atoms. The monoisotopic (exact) mass is 157 g/mol. The molecule has 1 aromatic rings. The van der Waals surface area contributed by atoms with Gasteiger partial charge in [-0.2, -0.15) is 0 Å². The van der Waals surface area contributed by atoms with E-state index in [1.54, 1.807) is 0 Å². The van der Waals surface area contributed by atoms with Crippen molar-refractivity contribution in [1.82, 2.24) is 0 Å². The normalized spacial score (nSPS) is 9.42. The molecular formula is C11H11N. The Bertz CT molecular complexity index is 301. The van der Waals surface area contributed by atoms with Gasteiger partial charge in [0.1, 0.15) is 0 Å². The Morgan fingerprint density at radius 3 is 2.75 bits per heavy atom. The number of hydrogen-bond acceptors (Lipinski definition) is 1. The van der Waals surface area contributed by atoms with Crippen LogP contribution in [0.5, 0.6) is 0 Å². The summed E-state index contributed by atoms with van der Waals surface area (Å²) in [5.74, 6) is 5.66. The zero-order chi connectivity index (χ0) is 8.65. The summed E-state index contributed by atoms with van der Waals surface area (Å²) in [7, 11) is 0. The predicted molar refractivity (Wildman–Crippen MR) is 52.4 cm³/mol. The average molecular weight is 157 g/mol. The number of benzene rings is 1. The third kappa shape index (κ3) is 3.03. The summed E-state index contributed by atoms with van der Waals surface area (Å²) in [6, 6.07) is 10.0. The molecule has 0 unspecified atom stereocenters. The zero-order valence-electron chi connectivity index (χ0n) is 7.12. The van der Waals surface area contributed by atoms with Crippen LogP contribution in [0.1, 0.15) is 12.5 Å². The van der Waals surface area contributed by atoms with Crippen LogP contribution in [0.15, 0.2) is 35.3 Å². The van der Waals surface area contributed by atoms with E-state index in [0.29, 0.717) is 6.54 Å². The molecule has 1 aromatic carbocycles. The third-order valence-corrected chi connectivity index (χ3v) is 1.39. The minimum absolute atomic E-state index is 0.589. The summed E-state index contributed by atoms with van der Waals surface area (Å²) in [6.45, 7) is 2.41. The Morgan fingerprint density at radius 1 is 1.33 bits per heavy atom. The third-order valence-electron chi connectivity index (χ3n) is 1.39. The van der Waals surface area contributed by atoms with Crippen molar-refractivity contribution in [2.45, 2.75) is 6.92 Å². The van der Waals surface area contributed by atoms with E-state index < -0.39 is 0 Å².